The van der Waals surface area contributed by atoms with Crippen molar-refractivity contribution in [1.82, 2.24) is 0 Å². The summed E-state index contributed by atoms with van der Waals surface area (Å²) in [6.45, 7) is 3.80. The molecular weight excluding hydrogens is 222 g/mol. The highest BCUT2D eigenvalue weighted by Crippen LogP contribution is 2.27. The first kappa shape index (κ1) is 11.1. The molecule has 2 aromatic carbocycles. The molecule has 92 valence electrons. The Labute approximate surface area is 108 Å². The van der Waals surface area contributed by atoms with Gasteiger partial charge in [0.05, 0.1) is 6.61 Å². The third kappa shape index (κ3) is 2.33. The van der Waals surface area contributed by atoms with Gasteiger partial charge in [-0.15, -0.1) is 0 Å². The van der Waals surface area contributed by atoms with Crippen LogP contribution in [0.1, 0.15) is 16.7 Å². The van der Waals surface area contributed by atoms with Crippen LogP contribution in [-0.4, -0.2) is 6.61 Å². The minimum atomic E-state index is 0.816. The number of nitrogens with one attached hydrogen (secondary N) is 1. The predicted molar refractivity (Wildman–Crippen MR) is 74.1 cm³/mol. The SMILES string of the molecule is Cc1cccc(CNc2ccc3c(c2)CCO3)c1. The van der Waals surface area contributed by atoms with Crippen molar-refractivity contribution in [2.75, 3.05) is 11.9 Å². The maximum atomic E-state index is 5.50. The Hall–Kier alpha value is -1.96. The van der Waals surface area contributed by atoms with Gasteiger partial charge in [-0.05, 0) is 36.2 Å². The molecule has 0 bridgehead atoms. The van der Waals surface area contributed by atoms with Crippen LogP contribution in [0.25, 0.3) is 0 Å². The summed E-state index contributed by atoms with van der Waals surface area (Å²) in [5, 5.41) is 3.46. The lowest BCUT2D eigenvalue weighted by atomic mass is 10.1. The zero-order chi connectivity index (χ0) is 12.4. The Morgan fingerprint density at radius 2 is 2.11 bits per heavy atom. The molecule has 0 radical (unpaired) electrons. The van der Waals surface area contributed by atoms with Crippen LogP contribution in [0.4, 0.5) is 5.69 Å². The van der Waals surface area contributed by atoms with Crippen LogP contribution in [0.15, 0.2) is 42.5 Å². The molecule has 0 atom stereocenters. The zero-order valence-corrected chi connectivity index (χ0v) is 10.6. The van der Waals surface area contributed by atoms with Gasteiger partial charge in [0.2, 0.25) is 0 Å². The van der Waals surface area contributed by atoms with Crippen molar-refractivity contribution < 1.29 is 4.74 Å². The number of anilines is 1. The number of hydrogen-bond donors (Lipinski definition) is 1. The normalized spacial score (nSPS) is 12.9. The number of rotatable bonds is 3. The largest absolute Gasteiger partial charge is 0.493 e. The highest BCUT2D eigenvalue weighted by Gasteiger charge is 2.11. The predicted octanol–water partition coefficient (Wildman–Crippen LogP) is 3.54. The van der Waals surface area contributed by atoms with Crippen LogP contribution >= 0.6 is 0 Å². The molecule has 0 unspecified atom stereocenters. The summed E-state index contributed by atoms with van der Waals surface area (Å²) in [7, 11) is 0. The molecule has 0 amide bonds. The molecule has 3 rings (SSSR count). The summed E-state index contributed by atoms with van der Waals surface area (Å²) in [6, 6.07) is 14.9. The number of fused-ring (bicyclic) bond motifs is 1. The third-order valence-electron chi connectivity index (χ3n) is 3.27. The van der Waals surface area contributed by atoms with Crippen molar-refractivity contribution in [3.8, 4) is 5.75 Å². The van der Waals surface area contributed by atoms with Gasteiger partial charge in [-0.2, -0.15) is 0 Å². The molecule has 0 spiro atoms. The van der Waals surface area contributed by atoms with Crippen molar-refractivity contribution in [2.45, 2.75) is 19.9 Å². The first-order chi connectivity index (χ1) is 8.81. The van der Waals surface area contributed by atoms with E-state index in [0.717, 1.165) is 25.3 Å². The fourth-order valence-electron chi connectivity index (χ4n) is 2.32. The zero-order valence-electron chi connectivity index (χ0n) is 10.6. The third-order valence-corrected chi connectivity index (χ3v) is 3.27. The fourth-order valence-corrected chi connectivity index (χ4v) is 2.32. The monoisotopic (exact) mass is 239 g/mol. The number of hydrogen-bond acceptors (Lipinski definition) is 2. The molecule has 1 aliphatic heterocycles. The molecule has 2 nitrogen and oxygen atoms in total. The van der Waals surface area contributed by atoms with Gasteiger partial charge in [0.1, 0.15) is 5.75 Å². The van der Waals surface area contributed by atoms with Gasteiger partial charge in [-0.25, -0.2) is 0 Å². The van der Waals surface area contributed by atoms with Gasteiger partial charge in [0.15, 0.2) is 0 Å². The summed E-state index contributed by atoms with van der Waals surface area (Å²) < 4.78 is 5.50. The van der Waals surface area contributed by atoms with Gasteiger partial charge in [-0.1, -0.05) is 29.8 Å². The average molecular weight is 239 g/mol. The van der Waals surface area contributed by atoms with Crippen molar-refractivity contribution in [3.63, 3.8) is 0 Å². The molecule has 2 heteroatoms. The molecule has 0 aliphatic carbocycles. The molecule has 0 saturated carbocycles. The topological polar surface area (TPSA) is 21.3 Å². The molecular formula is C16H17NO. The van der Waals surface area contributed by atoms with Gasteiger partial charge >= 0.3 is 0 Å². The Morgan fingerprint density at radius 3 is 3.00 bits per heavy atom. The lowest BCUT2D eigenvalue weighted by Crippen LogP contribution is -1.99. The summed E-state index contributed by atoms with van der Waals surface area (Å²) in [5.41, 5.74) is 5.09. The van der Waals surface area contributed by atoms with Gasteiger partial charge < -0.3 is 10.1 Å². The maximum Gasteiger partial charge on any atom is 0.122 e. The Kier molecular flexibility index (Phi) is 2.93. The van der Waals surface area contributed by atoms with E-state index in [-0.39, 0.29) is 0 Å². The molecule has 2 aromatic rings. The standard InChI is InChI=1S/C16H17NO/c1-12-3-2-4-13(9-12)11-17-15-5-6-16-14(10-15)7-8-18-16/h2-6,9-10,17H,7-8,11H2,1H3. The van der Waals surface area contributed by atoms with Crippen LogP contribution in [0.5, 0.6) is 5.75 Å². The van der Waals surface area contributed by atoms with Gasteiger partial charge in [-0.3, -0.25) is 0 Å². The minimum absolute atomic E-state index is 0.816. The second-order valence-corrected chi connectivity index (χ2v) is 4.76. The lowest BCUT2D eigenvalue weighted by molar-refractivity contribution is 0.357. The molecule has 1 N–H and O–H groups in total. The lowest BCUT2D eigenvalue weighted by Gasteiger charge is -2.08. The summed E-state index contributed by atoms with van der Waals surface area (Å²) in [6.07, 6.45) is 1.02. The van der Waals surface area contributed by atoms with Crippen molar-refractivity contribution in [2.24, 2.45) is 0 Å². The van der Waals surface area contributed by atoms with Crippen molar-refractivity contribution in [3.05, 3.63) is 59.2 Å². The molecule has 1 aliphatic rings. The Bertz CT molecular complexity index is 563. The van der Waals surface area contributed by atoms with E-state index in [0.29, 0.717) is 0 Å². The molecule has 0 saturated heterocycles. The molecule has 0 aromatic heterocycles. The van der Waals surface area contributed by atoms with E-state index in [4.69, 9.17) is 4.74 Å². The highest BCUT2D eigenvalue weighted by molar-refractivity contribution is 5.52. The van der Waals surface area contributed by atoms with Gasteiger partial charge in [0, 0.05) is 18.7 Å². The van der Waals surface area contributed by atoms with E-state index in [9.17, 15) is 0 Å². The van der Waals surface area contributed by atoms with E-state index < -0.39 is 0 Å². The van der Waals surface area contributed by atoms with Crippen LogP contribution in [0.2, 0.25) is 0 Å². The van der Waals surface area contributed by atoms with Crippen LogP contribution < -0.4 is 10.1 Å². The first-order valence-electron chi connectivity index (χ1n) is 6.36. The summed E-state index contributed by atoms with van der Waals surface area (Å²) in [5.74, 6) is 1.04. The smallest absolute Gasteiger partial charge is 0.122 e. The second-order valence-electron chi connectivity index (χ2n) is 4.76. The molecule has 0 fully saturated rings. The second kappa shape index (κ2) is 4.73. The maximum absolute atomic E-state index is 5.50. The number of benzene rings is 2. The number of ether oxygens (including phenoxy) is 1. The molecule has 1 heterocycles. The van der Waals surface area contributed by atoms with Crippen LogP contribution in [-0.2, 0) is 13.0 Å². The van der Waals surface area contributed by atoms with Crippen LogP contribution in [0.3, 0.4) is 0 Å². The van der Waals surface area contributed by atoms with E-state index in [2.05, 4.69) is 54.7 Å². The fraction of sp³-hybridized carbons (Fsp3) is 0.250. The summed E-state index contributed by atoms with van der Waals surface area (Å²) in [4.78, 5) is 0. The average Bonchev–Trinajstić information content (AvgIpc) is 2.84. The quantitative estimate of drug-likeness (QED) is 0.884. The Balaban J connectivity index is 1.70. The minimum Gasteiger partial charge on any atom is -0.493 e. The van der Waals surface area contributed by atoms with E-state index in [1.807, 2.05) is 0 Å². The van der Waals surface area contributed by atoms with E-state index in [1.165, 1.54) is 22.4 Å². The summed E-state index contributed by atoms with van der Waals surface area (Å²) >= 11 is 0. The van der Waals surface area contributed by atoms with E-state index in [1.54, 1.807) is 0 Å². The van der Waals surface area contributed by atoms with Crippen LogP contribution in [0, 0.1) is 6.92 Å². The van der Waals surface area contributed by atoms with Gasteiger partial charge in [0.25, 0.3) is 0 Å². The van der Waals surface area contributed by atoms with E-state index >= 15 is 0 Å². The highest BCUT2D eigenvalue weighted by atomic mass is 16.5. The Morgan fingerprint density at radius 1 is 1.17 bits per heavy atom. The molecule has 18 heavy (non-hydrogen) atoms. The first-order valence-corrected chi connectivity index (χ1v) is 6.36. The van der Waals surface area contributed by atoms with Crippen molar-refractivity contribution in [1.29, 1.82) is 0 Å². The number of aryl methyl sites for hydroxylation is 1. The van der Waals surface area contributed by atoms with Crippen molar-refractivity contribution >= 4 is 5.69 Å².